The summed E-state index contributed by atoms with van der Waals surface area (Å²) in [6.07, 6.45) is 7.42. The molecule has 0 fully saturated rings. The maximum atomic E-state index is 4.51. The van der Waals surface area contributed by atoms with Crippen LogP contribution in [-0.2, 0) is 6.54 Å². The van der Waals surface area contributed by atoms with Crippen molar-refractivity contribution in [2.24, 2.45) is 0 Å². The second kappa shape index (κ2) is 6.77. The highest BCUT2D eigenvalue weighted by Gasteiger charge is 2.14. The smallest absolute Gasteiger partial charge is 0.125 e. The molecular formula is C17H18N4S. The van der Waals surface area contributed by atoms with Crippen LogP contribution in [0.2, 0.25) is 0 Å². The van der Waals surface area contributed by atoms with Gasteiger partial charge in [-0.15, -0.1) is 11.3 Å². The van der Waals surface area contributed by atoms with Crippen molar-refractivity contribution in [2.45, 2.75) is 19.5 Å². The molecule has 4 nitrogen and oxygen atoms in total. The van der Waals surface area contributed by atoms with Crippen LogP contribution in [0.3, 0.4) is 0 Å². The Balaban J connectivity index is 1.70. The third-order valence-corrected chi connectivity index (χ3v) is 4.68. The van der Waals surface area contributed by atoms with Gasteiger partial charge in [-0.25, -0.2) is 4.98 Å². The Hall–Kier alpha value is -2.11. The first-order valence-corrected chi connectivity index (χ1v) is 8.02. The zero-order valence-corrected chi connectivity index (χ0v) is 13.5. The molecule has 5 heteroatoms. The maximum absolute atomic E-state index is 4.51. The normalized spacial score (nSPS) is 12.5. The average Bonchev–Trinajstić information content (AvgIpc) is 3.04. The summed E-state index contributed by atoms with van der Waals surface area (Å²) in [5.74, 6) is 0. The molecule has 0 saturated heterocycles. The Labute approximate surface area is 134 Å². The molecule has 0 unspecified atom stereocenters. The lowest BCUT2D eigenvalue weighted by Gasteiger charge is -2.23. The molecule has 1 atom stereocenters. The summed E-state index contributed by atoms with van der Waals surface area (Å²) in [7, 11) is 2.11. The van der Waals surface area contributed by atoms with Gasteiger partial charge in [0.15, 0.2) is 0 Å². The zero-order valence-electron chi connectivity index (χ0n) is 12.7. The first kappa shape index (κ1) is 14.8. The van der Waals surface area contributed by atoms with Crippen LogP contribution in [0.4, 0.5) is 0 Å². The molecule has 3 aromatic heterocycles. The van der Waals surface area contributed by atoms with E-state index in [0.717, 1.165) is 22.8 Å². The Morgan fingerprint density at radius 1 is 1.09 bits per heavy atom. The van der Waals surface area contributed by atoms with E-state index in [9.17, 15) is 0 Å². The number of aromatic nitrogens is 3. The SMILES string of the molecule is C[C@H](c1ccccn1)N(C)Cc1cnc(-c2cccnc2)s1. The van der Waals surface area contributed by atoms with Gasteiger partial charge in [-0.2, -0.15) is 0 Å². The molecule has 3 aromatic rings. The summed E-state index contributed by atoms with van der Waals surface area (Å²) in [5.41, 5.74) is 2.15. The number of pyridine rings is 2. The molecule has 0 aliphatic heterocycles. The van der Waals surface area contributed by atoms with Gasteiger partial charge in [0.2, 0.25) is 0 Å². The molecule has 0 amide bonds. The minimum Gasteiger partial charge on any atom is -0.293 e. The van der Waals surface area contributed by atoms with Crippen molar-refractivity contribution in [2.75, 3.05) is 7.05 Å². The molecule has 0 radical (unpaired) electrons. The third kappa shape index (κ3) is 3.37. The maximum Gasteiger partial charge on any atom is 0.125 e. The quantitative estimate of drug-likeness (QED) is 0.719. The van der Waals surface area contributed by atoms with Gasteiger partial charge in [-0.1, -0.05) is 6.07 Å². The monoisotopic (exact) mass is 310 g/mol. The minimum atomic E-state index is 0.269. The molecule has 0 N–H and O–H groups in total. The predicted molar refractivity (Wildman–Crippen MR) is 89.5 cm³/mol. The number of hydrogen-bond donors (Lipinski definition) is 0. The number of hydrogen-bond acceptors (Lipinski definition) is 5. The lowest BCUT2D eigenvalue weighted by atomic mass is 10.2. The number of rotatable bonds is 5. The van der Waals surface area contributed by atoms with E-state index in [-0.39, 0.29) is 6.04 Å². The Morgan fingerprint density at radius 2 is 2.00 bits per heavy atom. The van der Waals surface area contributed by atoms with Gasteiger partial charge in [0.25, 0.3) is 0 Å². The van der Waals surface area contributed by atoms with Gasteiger partial charge in [0.1, 0.15) is 5.01 Å². The third-order valence-electron chi connectivity index (χ3n) is 3.64. The van der Waals surface area contributed by atoms with E-state index < -0.39 is 0 Å². The molecule has 0 aliphatic rings. The topological polar surface area (TPSA) is 41.9 Å². The van der Waals surface area contributed by atoms with Crippen LogP contribution < -0.4 is 0 Å². The lowest BCUT2D eigenvalue weighted by molar-refractivity contribution is 0.250. The van der Waals surface area contributed by atoms with Crippen molar-refractivity contribution >= 4 is 11.3 Å². The van der Waals surface area contributed by atoms with Crippen LogP contribution in [0.25, 0.3) is 10.6 Å². The summed E-state index contributed by atoms with van der Waals surface area (Å²) in [4.78, 5) is 16.6. The fraction of sp³-hybridized carbons (Fsp3) is 0.235. The van der Waals surface area contributed by atoms with Crippen molar-refractivity contribution in [1.29, 1.82) is 0 Å². The molecule has 22 heavy (non-hydrogen) atoms. The van der Waals surface area contributed by atoms with Gasteiger partial charge >= 0.3 is 0 Å². The fourth-order valence-electron chi connectivity index (χ4n) is 2.23. The van der Waals surface area contributed by atoms with Crippen LogP contribution in [-0.4, -0.2) is 26.9 Å². The van der Waals surface area contributed by atoms with Crippen LogP contribution >= 0.6 is 11.3 Å². The van der Waals surface area contributed by atoms with Crippen LogP contribution in [0.15, 0.2) is 55.1 Å². The highest BCUT2D eigenvalue weighted by Crippen LogP contribution is 2.26. The van der Waals surface area contributed by atoms with E-state index in [0.29, 0.717) is 0 Å². The second-order valence-electron chi connectivity index (χ2n) is 5.22. The summed E-state index contributed by atoms with van der Waals surface area (Å²) < 4.78 is 0. The van der Waals surface area contributed by atoms with E-state index >= 15 is 0 Å². The summed E-state index contributed by atoms with van der Waals surface area (Å²) in [6.45, 7) is 3.03. The van der Waals surface area contributed by atoms with Crippen molar-refractivity contribution in [3.63, 3.8) is 0 Å². The minimum absolute atomic E-state index is 0.269. The Bertz CT molecular complexity index is 712. The molecule has 0 aliphatic carbocycles. The first-order valence-electron chi connectivity index (χ1n) is 7.20. The Morgan fingerprint density at radius 3 is 2.73 bits per heavy atom. The zero-order chi connectivity index (χ0) is 15.4. The highest BCUT2D eigenvalue weighted by molar-refractivity contribution is 7.15. The molecule has 3 heterocycles. The number of thiazole rings is 1. The molecule has 0 saturated carbocycles. The van der Waals surface area contributed by atoms with Crippen molar-refractivity contribution in [3.05, 3.63) is 65.7 Å². The second-order valence-corrected chi connectivity index (χ2v) is 6.33. The average molecular weight is 310 g/mol. The summed E-state index contributed by atoms with van der Waals surface area (Å²) in [6, 6.07) is 10.3. The van der Waals surface area contributed by atoms with E-state index in [1.165, 1.54) is 4.88 Å². The molecule has 0 aromatic carbocycles. The first-order chi connectivity index (χ1) is 10.7. The van der Waals surface area contributed by atoms with Gasteiger partial charge in [-0.05, 0) is 38.2 Å². The molecule has 112 valence electrons. The van der Waals surface area contributed by atoms with E-state index in [2.05, 4.69) is 39.9 Å². The summed E-state index contributed by atoms with van der Waals surface area (Å²) in [5, 5.41) is 1.02. The van der Waals surface area contributed by atoms with Gasteiger partial charge < -0.3 is 0 Å². The van der Waals surface area contributed by atoms with Crippen LogP contribution in [0.5, 0.6) is 0 Å². The summed E-state index contributed by atoms with van der Waals surface area (Å²) >= 11 is 1.71. The largest absolute Gasteiger partial charge is 0.293 e. The van der Waals surface area contributed by atoms with Gasteiger partial charge in [0.05, 0.1) is 5.69 Å². The van der Waals surface area contributed by atoms with Crippen molar-refractivity contribution in [1.82, 2.24) is 19.9 Å². The highest BCUT2D eigenvalue weighted by atomic mass is 32.1. The predicted octanol–water partition coefficient (Wildman–Crippen LogP) is 3.79. The number of nitrogens with zero attached hydrogens (tertiary/aromatic N) is 4. The van der Waals surface area contributed by atoms with E-state index in [4.69, 9.17) is 0 Å². The van der Waals surface area contributed by atoms with E-state index in [1.54, 1.807) is 17.5 Å². The standard InChI is InChI=1S/C17H18N4S/c1-13(16-7-3-4-9-19-16)21(2)12-15-11-20-17(22-15)14-6-5-8-18-10-14/h3-11,13H,12H2,1-2H3/t13-/m1/s1. The molecule has 0 bridgehead atoms. The van der Waals surface area contributed by atoms with Gasteiger partial charge in [-0.3, -0.25) is 14.9 Å². The van der Waals surface area contributed by atoms with Crippen LogP contribution in [0, 0.1) is 0 Å². The molecular weight excluding hydrogens is 292 g/mol. The molecule has 0 spiro atoms. The van der Waals surface area contributed by atoms with Crippen molar-refractivity contribution < 1.29 is 0 Å². The van der Waals surface area contributed by atoms with E-state index in [1.807, 2.05) is 42.9 Å². The van der Waals surface area contributed by atoms with Gasteiger partial charge in [0, 0.05) is 47.8 Å². The Kier molecular flexibility index (Phi) is 4.56. The lowest BCUT2D eigenvalue weighted by Crippen LogP contribution is -2.22. The molecule has 3 rings (SSSR count). The fourth-order valence-corrected chi connectivity index (χ4v) is 3.20. The van der Waals surface area contributed by atoms with Crippen LogP contribution in [0.1, 0.15) is 23.5 Å². The van der Waals surface area contributed by atoms with Crippen molar-refractivity contribution in [3.8, 4) is 10.6 Å².